The predicted molar refractivity (Wildman–Crippen MR) is 263 cm³/mol. The van der Waals surface area contributed by atoms with Gasteiger partial charge in [0.25, 0.3) is 5.91 Å². The van der Waals surface area contributed by atoms with E-state index in [1.165, 1.54) is 91.2 Å². The van der Waals surface area contributed by atoms with Gasteiger partial charge in [0, 0.05) is 53.1 Å². The molecule has 4 aliphatic heterocycles. The fraction of sp³-hybridized carbons (Fsp3) is 0.271. The number of benzene rings is 4. The van der Waals surface area contributed by atoms with Crippen LogP contribution in [0.5, 0.6) is 0 Å². The Balaban J connectivity index is 0.000000193. The van der Waals surface area contributed by atoms with Crippen molar-refractivity contribution in [2.45, 2.75) is 58.9 Å². The van der Waals surface area contributed by atoms with Gasteiger partial charge in [0.05, 0.1) is 33.9 Å². The molecule has 0 bridgehead atoms. The van der Waals surface area contributed by atoms with Gasteiger partial charge < -0.3 is 15.7 Å². The fourth-order valence-corrected chi connectivity index (χ4v) is 8.84. The van der Waals surface area contributed by atoms with Crippen LogP contribution in [0.3, 0.4) is 0 Å². The summed E-state index contributed by atoms with van der Waals surface area (Å²) in [5.74, 6) is -1.11. The summed E-state index contributed by atoms with van der Waals surface area (Å²) in [7, 11) is 0.104. The normalized spacial score (nSPS) is 14.4. The molecule has 2 aromatic heterocycles. The summed E-state index contributed by atoms with van der Waals surface area (Å²) < 4.78 is 29.0. The van der Waals surface area contributed by atoms with E-state index >= 15 is 0 Å². The zero-order chi connectivity index (χ0) is 47.2. The van der Waals surface area contributed by atoms with Gasteiger partial charge in [-0.3, -0.25) is 45.0 Å². The summed E-state index contributed by atoms with van der Waals surface area (Å²) in [6.07, 6.45) is 10.1. The Hall–Kier alpha value is -4.08. The molecule has 0 saturated carbocycles. The number of aliphatic imine (C=N–C) groups is 2. The zero-order valence-corrected chi connectivity index (χ0v) is 43.2. The zero-order valence-electron chi connectivity index (χ0n) is 37.7. The largest absolute Gasteiger partial charge is 1.00 e. The van der Waals surface area contributed by atoms with Gasteiger partial charge in [-0.2, -0.15) is 0 Å². The molecule has 19 heteroatoms. The second-order valence-electron chi connectivity index (χ2n) is 15.7. The number of aromatic nitrogens is 2. The summed E-state index contributed by atoms with van der Waals surface area (Å²) >= 11 is 8.89. The number of carbonyl (C=O) groups is 2. The third-order valence-electron chi connectivity index (χ3n) is 11.0. The first kappa shape index (κ1) is 53.9. The summed E-state index contributed by atoms with van der Waals surface area (Å²) in [6, 6.07) is 23.5. The number of fused-ring (bicyclic) bond motifs is 2. The Labute approximate surface area is 445 Å². The Bertz CT molecular complexity index is 2640. The molecule has 67 heavy (non-hydrogen) atoms. The molecule has 11 nitrogen and oxygen atoms in total. The minimum Gasteiger partial charge on any atom is -0.478 e. The van der Waals surface area contributed by atoms with Crippen LogP contribution in [0.15, 0.2) is 106 Å². The number of hydrogen-bond acceptors (Lipinski definition) is 11. The Morgan fingerprint density at radius 3 is 1.84 bits per heavy atom. The van der Waals surface area contributed by atoms with Crippen molar-refractivity contribution in [3.05, 3.63) is 158 Å². The summed E-state index contributed by atoms with van der Waals surface area (Å²) in [5.41, 5.74) is 17.1. The van der Waals surface area contributed by atoms with Gasteiger partial charge in [-0.1, -0.05) is 54.1 Å². The first-order valence-electron chi connectivity index (χ1n) is 21.3. The molecular weight excluding hydrogens is 943 g/mol. The van der Waals surface area contributed by atoms with E-state index in [4.69, 9.17) is 22.3 Å². The van der Waals surface area contributed by atoms with Crippen molar-refractivity contribution in [2.24, 2.45) is 9.98 Å². The number of carboxylic acids is 1. The number of carbonyl (C=O) groups excluding carboxylic acids is 1. The van der Waals surface area contributed by atoms with Crippen molar-refractivity contribution in [3.8, 4) is 0 Å². The number of aryl methyl sites for hydroxylation is 2. The molecule has 4 N–H and O–H groups in total. The third-order valence-corrected chi connectivity index (χ3v) is 12.5. The van der Waals surface area contributed by atoms with Crippen molar-refractivity contribution in [1.82, 2.24) is 19.8 Å². The van der Waals surface area contributed by atoms with Crippen LogP contribution in [0.2, 0.25) is 5.02 Å². The van der Waals surface area contributed by atoms with Crippen molar-refractivity contribution in [3.63, 3.8) is 0 Å². The molecule has 2 saturated heterocycles. The molecule has 4 aromatic carbocycles. The van der Waals surface area contributed by atoms with Crippen LogP contribution in [0, 0.1) is 20.9 Å². The van der Waals surface area contributed by atoms with Gasteiger partial charge >= 0.3 is 64.9 Å². The van der Waals surface area contributed by atoms with Crippen LogP contribution in [-0.2, 0) is 19.4 Å². The number of nitrogen functional groups attached to an aromatic ring is 1. The van der Waals surface area contributed by atoms with E-state index in [2.05, 4.69) is 68.3 Å². The van der Waals surface area contributed by atoms with Crippen LogP contribution in [0.25, 0.3) is 0 Å². The molecule has 2 fully saturated rings. The molecule has 0 unspecified atom stereocenters. The molecule has 6 aromatic rings. The number of rotatable bonds is 7. The molecule has 6 heterocycles. The van der Waals surface area contributed by atoms with Gasteiger partial charge in [-0.15, -0.1) is 22.7 Å². The number of likely N-dealkylation sites (tertiary alicyclic amines) is 2. The standard InChI is InChI=1S/C24H24N4OS.C16H12ClNO2.C5H10N.C3H4N2S.BF3.K/c1-16-7-8-17(15-28-10-2-3-11-28)13-20(16)21-14-18-5-4-6-19(22(18)26-21)23(29)27-24-25-9-12-30-24;1-9-5-6-11(17)8-13(9)14-7-10-3-2-4-12(16(19)20)15(10)18-14;1-6-4-2-3-5-6;4-3-5-1-2-6-3;2-1(3)4;/h4-9,12-13H,2-3,10-11,14-15H2,1H3,(H,25,27,29);2-6,8H,7H2,1H3,(H,19,20);1-5H2;1-2H,(H2,4,5);;/q;;-1;;;+1. The van der Waals surface area contributed by atoms with Crippen LogP contribution in [-0.4, -0.2) is 81.9 Å². The van der Waals surface area contributed by atoms with Gasteiger partial charge in [0.1, 0.15) is 0 Å². The van der Waals surface area contributed by atoms with Crippen LogP contribution in [0.1, 0.15) is 85.3 Å². The number of anilines is 2. The SMILES string of the molecule is Cc1ccc(CN2CCCC2)cc1C1=Nc2c(cccc2C(=O)Nc2nccs2)C1.Cc1ccc(Cl)cc1C1=Nc2c(cccc2C(=O)O)C1.FB(F)F.Nc1nccs1.[CH2-]N1CCCC1.[K+]. The van der Waals surface area contributed by atoms with E-state index < -0.39 is 13.5 Å². The predicted octanol–water partition coefficient (Wildman–Crippen LogP) is 8.48. The van der Waals surface area contributed by atoms with Gasteiger partial charge in [0.2, 0.25) is 0 Å². The van der Waals surface area contributed by atoms with E-state index in [0.29, 0.717) is 33.0 Å². The number of nitrogens with two attached hydrogens (primary N) is 1. The number of amides is 1. The topological polar surface area (TPSA) is 149 Å². The van der Waals surface area contributed by atoms with E-state index in [-0.39, 0.29) is 62.9 Å². The van der Waals surface area contributed by atoms with Crippen LogP contribution >= 0.6 is 34.3 Å². The Kier molecular flexibility index (Phi) is 21.4. The monoisotopic (exact) mass is 992 g/mol. The van der Waals surface area contributed by atoms with Gasteiger partial charge in [-0.25, -0.2) is 14.8 Å². The number of nitrogens with one attached hydrogen (secondary N) is 1. The fourth-order valence-electron chi connectivity index (χ4n) is 7.76. The van der Waals surface area contributed by atoms with Crippen molar-refractivity contribution in [1.29, 1.82) is 0 Å². The molecule has 1 amide bonds. The third kappa shape index (κ3) is 16.0. The molecule has 0 spiro atoms. The number of halogens is 4. The maximum absolute atomic E-state index is 12.8. The van der Waals surface area contributed by atoms with Crippen molar-refractivity contribution >= 4 is 86.8 Å². The first-order chi connectivity index (χ1) is 31.7. The summed E-state index contributed by atoms with van der Waals surface area (Å²) in [6.45, 7) is 9.92. The molecule has 0 aliphatic carbocycles. The van der Waals surface area contributed by atoms with Crippen LogP contribution in [0.4, 0.5) is 34.6 Å². The number of aromatic carboxylic acids is 1. The van der Waals surface area contributed by atoms with E-state index in [9.17, 15) is 27.6 Å². The molecule has 10 rings (SSSR count). The summed E-state index contributed by atoms with van der Waals surface area (Å²) in [5, 5.41) is 17.7. The second-order valence-corrected chi connectivity index (χ2v) is 18.0. The molecule has 0 atom stereocenters. The van der Waals surface area contributed by atoms with E-state index in [1.54, 1.807) is 24.5 Å². The molecule has 344 valence electrons. The smallest absolute Gasteiger partial charge is 0.478 e. The number of nitrogens with zero attached hydrogens (tertiary/aromatic N) is 6. The van der Waals surface area contributed by atoms with Gasteiger partial charge in [-0.05, 0) is 129 Å². The maximum Gasteiger partial charge on any atom is 1.00 e. The number of hydrogen-bond donors (Lipinski definition) is 3. The van der Waals surface area contributed by atoms with Crippen molar-refractivity contribution < 1.29 is 79.0 Å². The maximum atomic E-state index is 12.8. The Morgan fingerprint density at radius 2 is 1.33 bits per heavy atom. The van der Waals surface area contributed by atoms with Gasteiger partial charge in [0.15, 0.2) is 10.3 Å². The van der Waals surface area contributed by atoms with Crippen molar-refractivity contribution in [2.75, 3.05) is 37.2 Å². The second kappa shape index (κ2) is 26.6. The molecular formula is C48H50BClF3KN8O3S2. The molecule has 0 radical (unpaired) electrons. The van der Waals surface area contributed by atoms with E-state index in [1.807, 2.05) is 54.1 Å². The van der Waals surface area contributed by atoms with E-state index in [0.717, 1.165) is 52.3 Å². The average molecular weight is 993 g/mol. The van der Waals surface area contributed by atoms with Crippen LogP contribution < -0.4 is 62.4 Å². The minimum atomic E-state index is -3.67. The molecule has 4 aliphatic rings. The number of para-hydroxylation sites is 2. The number of thiazole rings is 2. The average Bonchev–Trinajstić information content (AvgIpc) is 4.15. The first-order valence-corrected chi connectivity index (χ1v) is 23.4. The minimum absolute atomic E-state index is 0. The quantitative estimate of drug-likeness (QED) is 0.107. The number of carboxylic acid groups (broad SMARTS) is 1. The summed E-state index contributed by atoms with van der Waals surface area (Å²) in [4.78, 5) is 46.0. The Morgan fingerprint density at radius 1 is 0.791 bits per heavy atom.